The Morgan fingerprint density at radius 1 is 0.960 bits per heavy atom. The van der Waals surface area contributed by atoms with Gasteiger partial charge in [-0.2, -0.15) is 0 Å². The van der Waals surface area contributed by atoms with E-state index in [4.69, 9.17) is 0 Å². The molecule has 3 aromatic rings. The van der Waals surface area contributed by atoms with Gasteiger partial charge < -0.3 is 5.32 Å². The van der Waals surface area contributed by atoms with E-state index < -0.39 is 5.43 Å². The molecule has 0 radical (unpaired) electrons. The highest BCUT2D eigenvalue weighted by Crippen LogP contribution is 2.34. The van der Waals surface area contributed by atoms with Gasteiger partial charge in [-0.25, -0.2) is 0 Å². The lowest BCUT2D eigenvalue weighted by Crippen LogP contribution is -2.37. The summed E-state index contributed by atoms with van der Waals surface area (Å²) >= 11 is 0. The number of aryl methyl sites for hydroxylation is 3. The number of hydrogen-bond donors (Lipinski definition) is 1. The Bertz CT molecular complexity index is 1020. The van der Waals surface area contributed by atoms with Gasteiger partial charge in [-0.1, -0.05) is 42.5 Å². The first-order valence-electron chi connectivity index (χ1n) is 8.81. The number of nitrogens with one attached hydrogen (secondary N) is 1. The minimum absolute atomic E-state index is 0.0959. The fraction of sp³-hybridized carbons (Fsp3) is 0.273. The number of benzene rings is 2. The smallest absolute Gasteiger partial charge is 0.250 e. The van der Waals surface area contributed by atoms with Crippen molar-refractivity contribution in [1.82, 2.24) is 0 Å². The van der Waals surface area contributed by atoms with E-state index >= 15 is 0 Å². The molecule has 126 valence electrons. The summed E-state index contributed by atoms with van der Waals surface area (Å²) in [7, 11) is 0. The number of rotatable bonds is 3. The maximum Gasteiger partial charge on any atom is 0.250 e. The fourth-order valence-electron chi connectivity index (χ4n) is 3.78. The summed E-state index contributed by atoms with van der Waals surface area (Å²) in [5.41, 5.74) is 5.96. The highest BCUT2D eigenvalue weighted by molar-refractivity contribution is 5.82. The predicted octanol–water partition coefficient (Wildman–Crippen LogP) is 4.06. The van der Waals surface area contributed by atoms with Gasteiger partial charge in [0.2, 0.25) is 10.9 Å². The second-order valence-electron chi connectivity index (χ2n) is 7.00. The molecule has 1 aliphatic carbocycles. The maximum atomic E-state index is 12.2. The first-order chi connectivity index (χ1) is 12.1. The van der Waals surface area contributed by atoms with Crippen LogP contribution in [-0.4, -0.2) is 0 Å². The van der Waals surface area contributed by atoms with Gasteiger partial charge in [-0.05, 0) is 60.9 Å². The molecule has 1 unspecified atom stereocenters. The Morgan fingerprint density at radius 3 is 2.56 bits per heavy atom. The topological polar surface area (TPSA) is 46.2 Å². The molecule has 0 saturated carbocycles. The fourth-order valence-corrected chi connectivity index (χ4v) is 3.78. The lowest BCUT2D eigenvalue weighted by molar-refractivity contribution is 0.599. The van der Waals surface area contributed by atoms with Crippen molar-refractivity contribution in [1.29, 1.82) is 0 Å². The van der Waals surface area contributed by atoms with Crippen molar-refractivity contribution in [3.63, 3.8) is 0 Å². The Kier molecular flexibility index (Phi) is 3.79. The van der Waals surface area contributed by atoms with Gasteiger partial charge in [0.05, 0.1) is 17.3 Å². The third-order valence-corrected chi connectivity index (χ3v) is 5.39. The van der Waals surface area contributed by atoms with Crippen molar-refractivity contribution < 1.29 is 0 Å². The molecule has 3 aromatic carbocycles. The third-order valence-electron chi connectivity index (χ3n) is 5.39. The SMILES string of the molecule is Cc1ccc(-c2c(NC3CCCc4ccccc43)c(=O)c2=O)cc1C. The average Bonchev–Trinajstić information content (AvgIpc) is 2.64. The monoisotopic (exact) mass is 331 g/mol. The molecule has 3 nitrogen and oxygen atoms in total. The van der Waals surface area contributed by atoms with Crippen molar-refractivity contribution in [2.24, 2.45) is 0 Å². The summed E-state index contributed by atoms with van der Waals surface area (Å²) in [6.45, 7) is 4.06. The molecule has 0 amide bonds. The highest BCUT2D eigenvalue weighted by Gasteiger charge is 2.27. The third kappa shape index (κ3) is 2.60. The lowest BCUT2D eigenvalue weighted by Gasteiger charge is -2.28. The Morgan fingerprint density at radius 2 is 1.76 bits per heavy atom. The molecule has 0 aromatic heterocycles. The van der Waals surface area contributed by atoms with Crippen LogP contribution in [0.25, 0.3) is 11.1 Å². The van der Waals surface area contributed by atoms with Gasteiger partial charge in [0.15, 0.2) is 0 Å². The maximum absolute atomic E-state index is 12.2. The van der Waals surface area contributed by atoms with Crippen LogP contribution >= 0.6 is 0 Å². The summed E-state index contributed by atoms with van der Waals surface area (Å²) in [5.74, 6) is 0. The van der Waals surface area contributed by atoms with E-state index in [1.807, 2.05) is 38.1 Å². The summed E-state index contributed by atoms with van der Waals surface area (Å²) in [6, 6.07) is 14.4. The first kappa shape index (κ1) is 15.8. The molecule has 0 aliphatic heterocycles. The molecule has 1 aliphatic rings. The summed E-state index contributed by atoms with van der Waals surface area (Å²) in [5, 5.41) is 3.38. The van der Waals surface area contributed by atoms with Gasteiger partial charge in [-0.15, -0.1) is 0 Å². The van der Waals surface area contributed by atoms with Crippen molar-refractivity contribution >= 4 is 5.69 Å². The average molecular weight is 331 g/mol. The molecule has 25 heavy (non-hydrogen) atoms. The van der Waals surface area contributed by atoms with Gasteiger partial charge in [0.1, 0.15) is 0 Å². The lowest BCUT2D eigenvalue weighted by atomic mass is 9.87. The standard InChI is InChI=1S/C22H21NO2/c1-13-10-11-16(12-14(13)2)19-20(22(25)21(19)24)23-18-9-5-7-15-6-3-4-8-17(15)18/h3-4,6,8,10-12,18,23H,5,7,9H2,1-2H3. The molecule has 0 fully saturated rings. The van der Waals surface area contributed by atoms with E-state index in [0.29, 0.717) is 11.3 Å². The number of hydrogen-bond acceptors (Lipinski definition) is 3. The minimum atomic E-state index is -0.392. The van der Waals surface area contributed by atoms with Crippen LogP contribution in [0.3, 0.4) is 0 Å². The Hall–Kier alpha value is -2.68. The quantitative estimate of drug-likeness (QED) is 0.736. The van der Waals surface area contributed by atoms with Crippen LogP contribution in [0.1, 0.15) is 41.1 Å². The molecule has 0 spiro atoms. The zero-order chi connectivity index (χ0) is 17.6. The zero-order valence-electron chi connectivity index (χ0n) is 14.6. The van der Waals surface area contributed by atoms with Crippen molar-refractivity contribution in [3.05, 3.63) is 85.2 Å². The van der Waals surface area contributed by atoms with Crippen LogP contribution in [-0.2, 0) is 6.42 Å². The molecule has 4 rings (SSSR count). The Labute approximate surface area is 147 Å². The molecule has 0 bridgehead atoms. The van der Waals surface area contributed by atoms with Crippen LogP contribution in [0.2, 0.25) is 0 Å². The normalized spacial score (nSPS) is 16.6. The van der Waals surface area contributed by atoms with E-state index in [9.17, 15) is 9.59 Å². The van der Waals surface area contributed by atoms with Crippen LogP contribution in [0, 0.1) is 13.8 Å². The molecule has 0 saturated heterocycles. The van der Waals surface area contributed by atoms with Crippen LogP contribution < -0.4 is 16.2 Å². The molecule has 3 heteroatoms. The molecule has 1 atom stereocenters. The largest absolute Gasteiger partial charge is 0.374 e. The highest BCUT2D eigenvalue weighted by atomic mass is 16.2. The molecule has 1 N–H and O–H groups in total. The van der Waals surface area contributed by atoms with Crippen molar-refractivity contribution in [3.8, 4) is 11.1 Å². The zero-order valence-corrected chi connectivity index (χ0v) is 14.6. The Balaban J connectivity index is 1.72. The van der Waals surface area contributed by atoms with Gasteiger partial charge in [0, 0.05) is 0 Å². The van der Waals surface area contributed by atoms with Crippen LogP contribution in [0.5, 0.6) is 0 Å². The summed E-state index contributed by atoms with van der Waals surface area (Å²) in [6.07, 6.45) is 3.13. The first-order valence-corrected chi connectivity index (χ1v) is 8.81. The van der Waals surface area contributed by atoms with E-state index in [1.165, 1.54) is 16.7 Å². The number of anilines is 1. The summed E-state index contributed by atoms with van der Waals surface area (Å²) < 4.78 is 0. The van der Waals surface area contributed by atoms with Crippen molar-refractivity contribution in [2.75, 3.05) is 5.32 Å². The molecule has 0 heterocycles. The van der Waals surface area contributed by atoms with Crippen LogP contribution in [0.4, 0.5) is 5.69 Å². The van der Waals surface area contributed by atoms with E-state index in [-0.39, 0.29) is 11.5 Å². The van der Waals surface area contributed by atoms with E-state index in [1.54, 1.807) is 0 Å². The molecular formula is C22H21NO2. The van der Waals surface area contributed by atoms with E-state index in [2.05, 4.69) is 23.5 Å². The second kappa shape index (κ2) is 5.99. The summed E-state index contributed by atoms with van der Waals surface area (Å²) in [4.78, 5) is 24.4. The van der Waals surface area contributed by atoms with E-state index in [0.717, 1.165) is 30.4 Å². The van der Waals surface area contributed by atoms with Crippen LogP contribution in [0.15, 0.2) is 52.1 Å². The van der Waals surface area contributed by atoms with Crippen molar-refractivity contribution in [2.45, 2.75) is 39.2 Å². The predicted molar refractivity (Wildman–Crippen MR) is 102 cm³/mol. The number of fused-ring (bicyclic) bond motifs is 1. The second-order valence-corrected chi connectivity index (χ2v) is 7.00. The van der Waals surface area contributed by atoms with Gasteiger partial charge >= 0.3 is 0 Å². The van der Waals surface area contributed by atoms with Gasteiger partial charge in [-0.3, -0.25) is 9.59 Å². The minimum Gasteiger partial charge on any atom is -0.374 e. The van der Waals surface area contributed by atoms with Gasteiger partial charge in [0.25, 0.3) is 0 Å². The molecular weight excluding hydrogens is 310 g/mol.